The van der Waals surface area contributed by atoms with Gasteiger partial charge in [-0.15, -0.1) is 0 Å². The molecule has 244 valence electrons. The van der Waals surface area contributed by atoms with Crippen molar-refractivity contribution in [1.29, 1.82) is 0 Å². The van der Waals surface area contributed by atoms with E-state index in [1.165, 1.54) is 10.6 Å². The normalized spacial score (nSPS) is 20.9. The third-order valence-corrected chi connectivity index (χ3v) is 10.5. The first kappa shape index (κ1) is 33.4. The van der Waals surface area contributed by atoms with Gasteiger partial charge in [-0.25, -0.2) is 0 Å². The van der Waals surface area contributed by atoms with Crippen LogP contribution >= 0.6 is 11.8 Å². The maximum atomic E-state index is 13.7. The average Bonchev–Trinajstić information content (AvgIpc) is 3.06. The Morgan fingerprint density at radius 1 is 0.844 bits per heavy atom. The number of unbranched alkanes of at least 4 members (excludes halogenated alkanes) is 1. The SMILES string of the molecule is COc1cc(CCN2CCN(CCCCOc3ccc(C)cc3C3(C)Sc4ccccc4C(C)N3[O-])CC2)cc(OC)c1OC. The van der Waals surface area contributed by atoms with Crippen LogP contribution in [0.15, 0.2) is 59.5 Å². The Morgan fingerprint density at radius 3 is 2.18 bits per heavy atom. The van der Waals surface area contributed by atoms with Crippen LogP contribution in [0, 0.1) is 12.1 Å². The van der Waals surface area contributed by atoms with E-state index in [1.807, 2.05) is 44.2 Å². The third-order valence-electron chi connectivity index (χ3n) is 9.12. The molecule has 3 aromatic rings. The molecule has 0 spiro atoms. The van der Waals surface area contributed by atoms with Gasteiger partial charge in [-0.05, 0) is 88.0 Å². The summed E-state index contributed by atoms with van der Waals surface area (Å²) in [5.41, 5.74) is 4.35. The summed E-state index contributed by atoms with van der Waals surface area (Å²) in [6, 6.07) is 18.3. The molecule has 2 atom stereocenters. The summed E-state index contributed by atoms with van der Waals surface area (Å²) < 4.78 is 22.9. The summed E-state index contributed by atoms with van der Waals surface area (Å²) in [5, 5.41) is 14.9. The molecule has 2 aliphatic heterocycles. The van der Waals surface area contributed by atoms with Crippen LogP contribution in [0.5, 0.6) is 23.0 Å². The number of fused-ring (bicyclic) bond motifs is 1. The molecule has 0 radical (unpaired) electrons. The van der Waals surface area contributed by atoms with Crippen LogP contribution in [0.1, 0.15) is 55.0 Å². The van der Waals surface area contributed by atoms with E-state index in [0.29, 0.717) is 23.9 Å². The molecule has 2 heterocycles. The van der Waals surface area contributed by atoms with Crippen LogP contribution in [-0.2, 0) is 11.3 Å². The summed E-state index contributed by atoms with van der Waals surface area (Å²) in [6.07, 6.45) is 2.98. The number of piperazine rings is 1. The molecule has 3 aromatic carbocycles. The number of ether oxygens (including phenoxy) is 4. The van der Waals surface area contributed by atoms with Crippen molar-refractivity contribution >= 4 is 11.8 Å². The van der Waals surface area contributed by atoms with Crippen molar-refractivity contribution in [3.05, 3.63) is 82.1 Å². The average molecular weight is 635 g/mol. The Hall–Kier alpha value is -2.95. The maximum absolute atomic E-state index is 13.7. The van der Waals surface area contributed by atoms with Crippen LogP contribution in [0.2, 0.25) is 0 Å². The molecule has 9 heteroatoms. The number of hydrogen-bond donors (Lipinski definition) is 0. The van der Waals surface area contributed by atoms with E-state index in [9.17, 15) is 5.21 Å². The zero-order valence-electron chi connectivity index (χ0n) is 27.6. The van der Waals surface area contributed by atoms with E-state index in [-0.39, 0.29) is 6.04 Å². The summed E-state index contributed by atoms with van der Waals surface area (Å²) in [7, 11) is 4.94. The molecule has 0 aromatic heterocycles. The molecule has 0 saturated carbocycles. The molecule has 0 aliphatic carbocycles. The lowest BCUT2D eigenvalue weighted by atomic mass is 9.99. The van der Waals surface area contributed by atoms with Gasteiger partial charge in [0.15, 0.2) is 11.5 Å². The van der Waals surface area contributed by atoms with Gasteiger partial charge in [-0.2, -0.15) is 0 Å². The highest BCUT2D eigenvalue weighted by molar-refractivity contribution is 8.00. The third kappa shape index (κ3) is 7.55. The molecule has 5 rings (SSSR count). The van der Waals surface area contributed by atoms with Crippen LogP contribution in [0.4, 0.5) is 0 Å². The molecule has 0 bridgehead atoms. The zero-order chi connectivity index (χ0) is 32.0. The Kier molecular flexibility index (Phi) is 11.2. The minimum Gasteiger partial charge on any atom is -0.784 e. The summed E-state index contributed by atoms with van der Waals surface area (Å²) in [5.74, 6) is 2.85. The lowest BCUT2D eigenvalue weighted by molar-refractivity contribution is 0.130. The first-order valence-corrected chi connectivity index (χ1v) is 16.8. The quantitative estimate of drug-likeness (QED) is 0.187. The highest BCUT2D eigenvalue weighted by Gasteiger charge is 2.39. The fraction of sp³-hybridized carbons (Fsp3) is 0.500. The van der Waals surface area contributed by atoms with Gasteiger partial charge in [0.25, 0.3) is 0 Å². The Morgan fingerprint density at radius 2 is 1.51 bits per heavy atom. The lowest BCUT2D eigenvalue weighted by Crippen LogP contribution is -2.47. The van der Waals surface area contributed by atoms with Crippen LogP contribution in [0.3, 0.4) is 0 Å². The smallest absolute Gasteiger partial charge is 0.203 e. The van der Waals surface area contributed by atoms with E-state index in [1.54, 1.807) is 33.1 Å². The minimum atomic E-state index is -0.764. The molecule has 8 nitrogen and oxygen atoms in total. The molecular formula is C36H48N3O5S-. The molecule has 0 amide bonds. The fourth-order valence-electron chi connectivity index (χ4n) is 6.40. The first-order chi connectivity index (χ1) is 21.8. The van der Waals surface area contributed by atoms with Crippen molar-refractivity contribution in [2.24, 2.45) is 0 Å². The van der Waals surface area contributed by atoms with Gasteiger partial charge in [0.2, 0.25) is 5.75 Å². The molecule has 1 saturated heterocycles. The highest BCUT2D eigenvalue weighted by atomic mass is 32.2. The van der Waals surface area contributed by atoms with Gasteiger partial charge < -0.3 is 39.0 Å². The number of aryl methyl sites for hydroxylation is 1. The Balaban J connectivity index is 1.08. The number of hydrogen-bond acceptors (Lipinski definition) is 9. The van der Waals surface area contributed by atoms with Crippen LogP contribution < -0.4 is 18.9 Å². The van der Waals surface area contributed by atoms with E-state index in [4.69, 9.17) is 18.9 Å². The lowest BCUT2D eigenvalue weighted by Gasteiger charge is -2.53. The molecule has 2 aliphatic rings. The standard InChI is InChI=1S/C36H48N3O5S/c1-26-13-14-31(30(23-26)36(3)39(40)27(2)29-11-7-8-12-34(29)45-36)44-22-10-9-16-37-18-20-38(21-19-37)17-15-28-24-32(41-4)35(43-6)33(25-28)42-5/h7-8,11-14,23-25,27H,9-10,15-22H2,1-6H3/q-1. The van der Waals surface area contributed by atoms with Crippen molar-refractivity contribution in [2.45, 2.75) is 55.8 Å². The minimum absolute atomic E-state index is 0.226. The predicted octanol–water partition coefficient (Wildman–Crippen LogP) is 6.88. The molecule has 0 N–H and O–H groups in total. The number of hydroxylamine groups is 2. The number of methoxy groups -OCH3 is 3. The van der Waals surface area contributed by atoms with Crippen molar-refractivity contribution in [2.75, 3.05) is 67.2 Å². The largest absolute Gasteiger partial charge is 0.784 e. The molecule has 2 unspecified atom stereocenters. The maximum Gasteiger partial charge on any atom is 0.203 e. The molecule has 45 heavy (non-hydrogen) atoms. The number of thioether (sulfide) groups is 1. The predicted molar refractivity (Wildman–Crippen MR) is 182 cm³/mol. The van der Waals surface area contributed by atoms with Gasteiger partial charge in [0.1, 0.15) is 5.75 Å². The summed E-state index contributed by atoms with van der Waals surface area (Å²) in [6.45, 7) is 13.1. The van der Waals surface area contributed by atoms with E-state index < -0.39 is 4.87 Å². The number of nitrogens with zero attached hydrogens (tertiary/aromatic N) is 3. The zero-order valence-corrected chi connectivity index (χ0v) is 28.5. The van der Waals surface area contributed by atoms with Crippen molar-refractivity contribution in [3.63, 3.8) is 0 Å². The van der Waals surface area contributed by atoms with Gasteiger partial charge in [-0.1, -0.05) is 41.6 Å². The Labute approximate surface area is 273 Å². The highest BCUT2D eigenvalue weighted by Crippen LogP contribution is 2.55. The van der Waals surface area contributed by atoms with Gasteiger partial charge in [0.05, 0.1) is 32.8 Å². The summed E-state index contributed by atoms with van der Waals surface area (Å²) in [4.78, 5) is 5.49. The van der Waals surface area contributed by atoms with E-state index >= 15 is 0 Å². The molecular weight excluding hydrogens is 586 g/mol. The fourth-order valence-corrected chi connectivity index (χ4v) is 7.85. The second-order valence-corrected chi connectivity index (χ2v) is 13.6. The summed E-state index contributed by atoms with van der Waals surface area (Å²) >= 11 is 1.62. The van der Waals surface area contributed by atoms with Crippen molar-refractivity contribution in [3.8, 4) is 23.0 Å². The molecule has 1 fully saturated rings. The van der Waals surface area contributed by atoms with Gasteiger partial charge in [-0.3, -0.25) is 0 Å². The van der Waals surface area contributed by atoms with Crippen LogP contribution in [-0.4, -0.2) is 82.1 Å². The van der Waals surface area contributed by atoms with Crippen LogP contribution in [0.25, 0.3) is 0 Å². The van der Waals surface area contributed by atoms with E-state index in [0.717, 1.165) is 85.9 Å². The monoisotopic (exact) mass is 634 g/mol. The van der Waals surface area contributed by atoms with Gasteiger partial charge in [0, 0.05) is 49.2 Å². The van der Waals surface area contributed by atoms with E-state index in [2.05, 4.69) is 41.0 Å². The number of benzene rings is 3. The second kappa shape index (κ2) is 15.1. The topological polar surface area (TPSA) is 69.7 Å². The Bertz CT molecular complexity index is 1400. The number of rotatable bonds is 13. The van der Waals surface area contributed by atoms with Crippen molar-refractivity contribution in [1.82, 2.24) is 14.9 Å². The second-order valence-electron chi connectivity index (χ2n) is 12.1. The van der Waals surface area contributed by atoms with Crippen molar-refractivity contribution < 1.29 is 18.9 Å². The van der Waals surface area contributed by atoms with Gasteiger partial charge >= 0.3 is 0 Å². The first-order valence-electron chi connectivity index (χ1n) is 16.0.